The van der Waals surface area contributed by atoms with E-state index in [2.05, 4.69) is 47.2 Å². The molecule has 1 aliphatic rings. The SMILES string of the molecule is COCc1nnc2n1Cc1c(C#Cc3ccc4[nH]ccc4c3)ncn1-c1ccc(OC)cc1-2. The summed E-state index contributed by atoms with van der Waals surface area (Å²) in [5.74, 6) is 8.81. The number of hydrogen-bond donors (Lipinski definition) is 1. The fourth-order valence-electron chi connectivity index (χ4n) is 4.22. The van der Waals surface area contributed by atoms with E-state index in [1.807, 2.05) is 48.9 Å². The van der Waals surface area contributed by atoms with Gasteiger partial charge in [0, 0.05) is 35.3 Å². The van der Waals surface area contributed by atoms with Crippen molar-refractivity contribution in [2.45, 2.75) is 13.2 Å². The maximum atomic E-state index is 5.46. The van der Waals surface area contributed by atoms with Crippen molar-refractivity contribution in [3.63, 3.8) is 0 Å². The van der Waals surface area contributed by atoms with Crippen molar-refractivity contribution in [3.05, 3.63) is 77.8 Å². The zero-order chi connectivity index (χ0) is 22.4. The highest BCUT2D eigenvalue weighted by molar-refractivity contribution is 5.81. The monoisotopic (exact) mass is 436 g/mol. The Kier molecular flexibility index (Phi) is 4.49. The number of aromatic amines is 1. The van der Waals surface area contributed by atoms with E-state index in [-0.39, 0.29) is 0 Å². The third-order valence-corrected chi connectivity index (χ3v) is 5.86. The summed E-state index contributed by atoms with van der Waals surface area (Å²) in [6.45, 7) is 0.886. The van der Waals surface area contributed by atoms with E-state index in [1.54, 1.807) is 14.2 Å². The first-order chi connectivity index (χ1) is 16.2. The smallest absolute Gasteiger partial charge is 0.166 e. The van der Waals surface area contributed by atoms with Crippen LogP contribution in [0.5, 0.6) is 5.75 Å². The van der Waals surface area contributed by atoms with Gasteiger partial charge in [0.2, 0.25) is 0 Å². The molecule has 33 heavy (non-hydrogen) atoms. The maximum absolute atomic E-state index is 5.46. The van der Waals surface area contributed by atoms with Crippen LogP contribution in [-0.2, 0) is 17.9 Å². The summed E-state index contributed by atoms with van der Waals surface area (Å²) in [5, 5.41) is 9.96. The Morgan fingerprint density at radius 3 is 2.88 bits per heavy atom. The minimum atomic E-state index is 0.359. The van der Waals surface area contributed by atoms with Gasteiger partial charge in [0.05, 0.1) is 25.0 Å². The quantitative estimate of drug-likeness (QED) is 0.429. The molecule has 1 aliphatic heterocycles. The van der Waals surface area contributed by atoms with E-state index in [0.717, 1.165) is 56.5 Å². The van der Waals surface area contributed by atoms with Crippen LogP contribution in [0, 0.1) is 11.8 Å². The van der Waals surface area contributed by atoms with Crippen LogP contribution in [0.1, 0.15) is 22.8 Å². The fourth-order valence-corrected chi connectivity index (χ4v) is 4.22. The number of imidazole rings is 1. The third-order valence-electron chi connectivity index (χ3n) is 5.86. The number of H-pyrrole nitrogens is 1. The molecule has 0 unspecified atom stereocenters. The van der Waals surface area contributed by atoms with Crippen molar-refractivity contribution in [2.75, 3.05) is 14.2 Å². The van der Waals surface area contributed by atoms with Crippen molar-refractivity contribution in [3.8, 4) is 34.7 Å². The number of nitrogens with one attached hydrogen (secondary N) is 1. The summed E-state index contributed by atoms with van der Waals surface area (Å²) >= 11 is 0. The molecule has 8 nitrogen and oxygen atoms in total. The molecule has 0 saturated carbocycles. The molecule has 8 heteroatoms. The van der Waals surface area contributed by atoms with Crippen LogP contribution in [-0.4, -0.2) is 43.5 Å². The molecule has 0 radical (unpaired) electrons. The van der Waals surface area contributed by atoms with Crippen molar-refractivity contribution >= 4 is 10.9 Å². The fraction of sp³-hybridized carbons (Fsp3) is 0.160. The summed E-state index contributed by atoms with van der Waals surface area (Å²) in [6.07, 6.45) is 3.74. The summed E-state index contributed by atoms with van der Waals surface area (Å²) < 4.78 is 14.9. The Bertz CT molecular complexity index is 1560. The Morgan fingerprint density at radius 2 is 2.00 bits per heavy atom. The first-order valence-electron chi connectivity index (χ1n) is 10.5. The van der Waals surface area contributed by atoms with Gasteiger partial charge in [0.15, 0.2) is 11.6 Å². The highest BCUT2D eigenvalue weighted by Gasteiger charge is 2.26. The molecule has 4 heterocycles. The first-order valence-corrected chi connectivity index (χ1v) is 10.5. The molecule has 0 amide bonds. The largest absolute Gasteiger partial charge is 0.497 e. The van der Waals surface area contributed by atoms with Crippen LogP contribution in [0.4, 0.5) is 0 Å². The molecule has 2 aromatic carbocycles. The van der Waals surface area contributed by atoms with E-state index >= 15 is 0 Å². The molecule has 0 atom stereocenters. The van der Waals surface area contributed by atoms with Gasteiger partial charge in [-0.2, -0.15) is 0 Å². The van der Waals surface area contributed by atoms with E-state index in [4.69, 9.17) is 9.47 Å². The number of fused-ring (bicyclic) bond motifs is 6. The highest BCUT2D eigenvalue weighted by Crippen LogP contribution is 2.34. The Hall–Kier alpha value is -4.35. The van der Waals surface area contributed by atoms with Crippen LogP contribution in [0.25, 0.3) is 28.0 Å². The highest BCUT2D eigenvalue weighted by atomic mass is 16.5. The molecule has 3 aromatic heterocycles. The average Bonchev–Trinajstić information content (AvgIpc) is 3.55. The van der Waals surface area contributed by atoms with Crippen LogP contribution in [0.15, 0.2) is 55.0 Å². The molecule has 162 valence electrons. The number of methoxy groups -OCH3 is 2. The topological polar surface area (TPSA) is 82.8 Å². The Labute approximate surface area is 189 Å². The van der Waals surface area contributed by atoms with Gasteiger partial charge >= 0.3 is 0 Å². The molecule has 0 saturated heterocycles. The predicted molar refractivity (Wildman–Crippen MR) is 123 cm³/mol. The van der Waals surface area contributed by atoms with Gasteiger partial charge in [-0.25, -0.2) is 4.98 Å². The molecular weight excluding hydrogens is 416 g/mol. The summed E-state index contributed by atoms with van der Waals surface area (Å²) in [5.41, 5.74) is 5.58. The molecule has 0 bridgehead atoms. The summed E-state index contributed by atoms with van der Waals surface area (Å²) in [7, 11) is 3.30. The minimum absolute atomic E-state index is 0.359. The maximum Gasteiger partial charge on any atom is 0.166 e. The number of benzene rings is 2. The normalized spacial score (nSPS) is 11.8. The lowest BCUT2D eigenvalue weighted by atomic mass is 10.1. The van der Waals surface area contributed by atoms with Gasteiger partial charge < -0.3 is 19.0 Å². The zero-order valence-corrected chi connectivity index (χ0v) is 18.2. The van der Waals surface area contributed by atoms with E-state index in [1.165, 1.54) is 0 Å². The van der Waals surface area contributed by atoms with Crippen LogP contribution < -0.4 is 4.74 Å². The number of aromatic nitrogens is 6. The van der Waals surface area contributed by atoms with Gasteiger partial charge in [-0.3, -0.25) is 4.57 Å². The van der Waals surface area contributed by atoms with E-state index in [9.17, 15) is 0 Å². The third kappa shape index (κ3) is 3.18. The van der Waals surface area contributed by atoms with Gasteiger partial charge in [0.1, 0.15) is 24.4 Å². The number of hydrogen-bond acceptors (Lipinski definition) is 5. The van der Waals surface area contributed by atoms with Crippen molar-refractivity contribution in [1.82, 2.24) is 29.3 Å². The average molecular weight is 436 g/mol. The second-order valence-electron chi connectivity index (χ2n) is 7.78. The van der Waals surface area contributed by atoms with E-state index < -0.39 is 0 Å². The van der Waals surface area contributed by atoms with Gasteiger partial charge in [-0.1, -0.05) is 5.92 Å². The lowest BCUT2D eigenvalue weighted by Crippen LogP contribution is -2.09. The molecule has 6 rings (SSSR count). The summed E-state index contributed by atoms with van der Waals surface area (Å²) in [4.78, 5) is 7.85. The Balaban J connectivity index is 1.50. The van der Waals surface area contributed by atoms with Gasteiger partial charge in [-0.05, 0) is 48.4 Å². The lowest BCUT2D eigenvalue weighted by molar-refractivity contribution is 0.174. The predicted octanol–water partition coefficient (Wildman–Crippen LogP) is 3.53. The van der Waals surface area contributed by atoms with Crippen molar-refractivity contribution in [2.24, 2.45) is 0 Å². The summed E-state index contributed by atoms with van der Waals surface area (Å²) in [6, 6.07) is 14.1. The van der Waals surface area contributed by atoms with Crippen LogP contribution >= 0.6 is 0 Å². The second-order valence-corrected chi connectivity index (χ2v) is 7.78. The number of ether oxygens (including phenoxy) is 2. The molecule has 0 fully saturated rings. The van der Waals surface area contributed by atoms with Crippen molar-refractivity contribution in [1.29, 1.82) is 0 Å². The first kappa shape index (κ1) is 19.3. The van der Waals surface area contributed by atoms with Crippen molar-refractivity contribution < 1.29 is 9.47 Å². The van der Waals surface area contributed by atoms with Gasteiger partial charge in [-0.15, -0.1) is 10.2 Å². The number of rotatable bonds is 3. The Morgan fingerprint density at radius 1 is 1.06 bits per heavy atom. The molecular formula is C25H20N6O2. The molecule has 0 aliphatic carbocycles. The van der Waals surface area contributed by atoms with Crippen LogP contribution in [0.3, 0.4) is 0 Å². The second kappa shape index (κ2) is 7.65. The molecule has 0 spiro atoms. The lowest BCUT2D eigenvalue weighted by Gasteiger charge is -2.09. The molecule has 5 aromatic rings. The molecule has 1 N–H and O–H groups in total. The van der Waals surface area contributed by atoms with Gasteiger partial charge in [0.25, 0.3) is 0 Å². The minimum Gasteiger partial charge on any atom is -0.497 e. The van der Waals surface area contributed by atoms with E-state index in [0.29, 0.717) is 13.2 Å². The number of nitrogens with zero attached hydrogens (tertiary/aromatic N) is 5. The standard InChI is InChI=1S/C25H20N6O2/c1-32-14-24-28-29-25-19-12-18(33-2)5-8-22(19)31-15-27-21(23(31)13-30(24)25)7-4-16-3-6-20-17(11-16)9-10-26-20/h3,5-6,8-12,15,26H,13-14H2,1-2H3. The zero-order valence-electron chi connectivity index (χ0n) is 18.2. The van der Waals surface area contributed by atoms with Crippen LogP contribution in [0.2, 0.25) is 0 Å².